The van der Waals surface area contributed by atoms with Gasteiger partial charge in [-0.15, -0.1) is 0 Å². The van der Waals surface area contributed by atoms with Gasteiger partial charge in [-0.25, -0.2) is 0 Å². The molecular formula is C17H32N2. The van der Waals surface area contributed by atoms with Crippen molar-refractivity contribution >= 4 is 0 Å². The maximum atomic E-state index is 3.90. The van der Waals surface area contributed by atoms with E-state index in [2.05, 4.69) is 24.1 Å². The van der Waals surface area contributed by atoms with E-state index in [9.17, 15) is 0 Å². The molecule has 2 saturated carbocycles. The predicted octanol–water partition coefficient (Wildman–Crippen LogP) is 3.56. The summed E-state index contributed by atoms with van der Waals surface area (Å²) < 4.78 is 0. The first-order valence-electron chi connectivity index (χ1n) is 8.75. The van der Waals surface area contributed by atoms with Crippen LogP contribution in [0.1, 0.15) is 71.6 Å². The highest BCUT2D eigenvalue weighted by molar-refractivity contribution is 5.02. The highest BCUT2D eigenvalue weighted by Crippen LogP contribution is 2.38. The fraction of sp³-hybridized carbons (Fsp3) is 1.00. The molecule has 1 N–H and O–H groups in total. The second-order valence-corrected chi connectivity index (χ2v) is 7.41. The molecule has 1 aliphatic heterocycles. The second-order valence-electron chi connectivity index (χ2n) is 7.41. The smallest absolute Gasteiger partial charge is 0.0309 e. The van der Waals surface area contributed by atoms with Crippen molar-refractivity contribution in [1.82, 2.24) is 10.2 Å². The van der Waals surface area contributed by atoms with Gasteiger partial charge in [-0.3, -0.25) is 4.90 Å². The van der Waals surface area contributed by atoms with E-state index in [0.29, 0.717) is 5.54 Å². The molecule has 2 aliphatic carbocycles. The van der Waals surface area contributed by atoms with E-state index >= 15 is 0 Å². The van der Waals surface area contributed by atoms with E-state index in [4.69, 9.17) is 0 Å². The Bertz CT molecular complexity index is 296. The summed E-state index contributed by atoms with van der Waals surface area (Å²) in [5.74, 6) is 0.966. The number of piperazine rings is 1. The number of hydrogen-bond donors (Lipinski definition) is 1. The number of nitrogens with one attached hydrogen (secondary N) is 1. The largest absolute Gasteiger partial charge is 0.308 e. The fourth-order valence-corrected chi connectivity index (χ4v) is 4.97. The summed E-state index contributed by atoms with van der Waals surface area (Å²) >= 11 is 0. The lowest BCUT2D eigenvalue weighted by molar-refractivity contribution is 0.00921. The molecule has 3 fully saturated rings. The molecule has 1 spiro atoms. The van der Waals surface area contributed by atoms with Crippen LogP contribution in [0.5, 0.6) is 0 Å². The zero-order valence-corrected chi connectivity index (χ0v) is 13.0. The third kappa shape index (κ3) is 2.71. The van der Waals surface area contributed by atoms with Gasteiger partial charge in [0.15, 0.2) is 0 Å². The zero-order valence-electron chi connectivity index (χ0n) is 13.0. The van der Waals surface area contributed by atoms with Crippen molar-refractivity contribution in [2.75, 3.05) is 13.1 Å². The highest BCUT2D eigenvalue weighted by Gasteiger charge is 2.43. The predicted molar refractivity (Wildman–Crippen MR) is 81.4 cm³/mol. The topological polar surface area (TPSA) is 15.3 Å². The van der Waals surface area contributed by atoms with Crippen LogP contribution in [0.4, 0.5) is 0 Å². The van der Waals surface area contributed by atoms with E-state index in [-0.39, 0.29) is 0 Å². The lowest BCUT2D eigenvalue weighted by Gasteiger charge is -2.51. The molecule has 2 nitrogen and oxygen atoms in total. The van der Waals surface area contributed by atoms with Crippen LogP contribution in [-0.2, 0) is 0 Å². The minimum atomic E-state index is 0.488. The first kappa shape index (κ1) is 13.9. The molecule has 0 amide bonds. The van der Waals surface area contributed by atoms with Gasteiger partial charge >= 0.3 is 0 Å². The first-order chi connectivity index (χ1) is 9.24. The van der Waals surface area contributed by atoms with E-state index in [1.54, 1.807) is 0 Å². The summed E-state index contributed by atoms with van der Waals surface area (Å²) in [6.45, 7) is 7.39. The van der Waals surface area contributed by atoms with Crippen molar-refractivity contribution in [3.63, 3.8) is 0 Å². The van der Waals surface area contributed by atoms with Gasteiger partial charge in [0.05, 0.1) is 0 Å². The summed E-state index contributed by atoms with van der Waals surface area (Å²) in [4.78, 5) is 2.91. The minimum Gasteiger partial charge on any atom is -0.308 e. The van der Waals surface area contributed by atoms with Gasteiger partial charge in [0, 0.05) is 30.7 Å². The average Bonchev–Trinajstić information content (AvgIpc) is 2.90. The van der Waals surface area contributed by atoms with Crippen molar-refractivity contribution in [2.45, 2.75) is 89.3 Å². The summed E-state index contributed by atoms with van der Waals surface area (Å²) in [5.41, 5.74) is 0.488. The SMILES string of the molecule is CCC1CCCCC1N1CC2(CCCC2)NCC1C. The molecule has 1 heterocycles. The molecule has 0 bridgehead atoms. The third-order valence-electron chi connectivity index (χ3n) is 6.20. The van der Waals surface area contributed by atoms with Crippen LogP contribution in [0.3, 0.4) is 0 Å². The van der Waals surface area contributed by atoms with E-state index < -0.39 is 0 Å². The van der Waals surface area contributed by atoms with Gasteiger partial charge in [-0.1, -0.05) is 39.0 Å². The Labute approximate surface area is 119 Å². The number of rotatable bonds is 2. The van der Waals surface area contributed by atoms with Gasteiger partial charge in [-0.2, -0.15) is 0 Å². The Morgan fingerprint density at radius 3 is 2.58 bits per heavy atom. The monoisotopic (exact) mass is 264 g/mol. The van der Waals surface area contributed by atoms with Gasteiger partial charge in [0.25, 0.3) is 0 Å². The van der Waals surface area contributed by atoms with Gasteiger partial charge in [0.1, 0.15) is 0 Å². The van der Waals surface area contributed by atoms with Crippen LogP contribution in [0.2, 0.25) is 0 Å². The van der Waals surface area contributed by atoms with Crippen molar-refractivity contribution in [1.29, 1.82) is 0 Å². The molecule has 0 aromatic carbocycles. The molecule has 19 heavy (non-hydrogen) atoms. The molecule has 0 radical (unpaired) electrons. The Kier molecular flexibility index (Phi) is 4.19. The summed E-state index contributed by atoms with van der Waals surface area (Å²) in [5, 5.41) is 3.90. The van der Waals surface area contributed by atoms with Crippen molar-refractivity contribution < 1.29 is 0 Å². The maximum absolute atomic E-state index is 3.90. The Morgan fingerprint density at radius 1 is 1.11 bits per heavy atom. The summed E-state index contributed by atoms with van der Waals surface area (Å²) in [6.07, 6.45) is 13.0. The molecule has 2 heteroatoms. The van der Waals surface area contributed by atoms with Crippen LogP contribution >= 0.6 is 0 Å². The molecule has 0 aromatic rings. The molecule has 3 unspecified atom stereocenters. The fourth-order valence-electron chi connectivity index (χ4n) is 4.97. The van der Waals surface area contributed by atoms with Crippen molar-refractivity contribution in [3.8, 4) is 0 Å². The summed E-state index contributed by atoms with van der Waals surface area (Å²) in [7, 11) is 0. The average molecular weight is 264 g/mol. The number of nitrogens with zero attached hydrogens (tertiary/aromatic N) is 1. The standard InChI is InChI=1S/C17H32N2/c1-3-15-8-4-5-9-16(15)19-13-17(10-6-7-11-17)18-12-14(19)2/h14-16,18H,3-13H2,1-2H3. The van der Waals surface area contributed by atoms with E-state index in [0.717, 1.165) is 18.0 Å². The van der Waals surface area contributed by atoms with Crippen molar-refractivity contribution in [3.05, 3.63) is 0 Å². The Balaban J connectivity index is 1.73. The van der Waals surface area contributed by atoms with Crippen LogP contribution < -0.4 is 5.32 Å². The zero-order chi connectivity index (χ0) is 13.3. The molecule has 0 aromatic heterocycles. The number of hydrogen-bond acceptors (Lipinski definition) is 2. The van der Waals surface area contributed by atoms with Gasteiger partial charge in [-0.05, 0) is 38.5 Å². The molecule has 3 atom stereocenters. The minimum absolute atomic E-state index is 0.488. The normalized spacial score (nSPS) is 39.8. The van der Waals surface area contributed by atoms with Gasteiger partial charge < -0.3 is 5.32 Å². The highest BCUT2D eigenvalue weighted by atomic mass is 15.3. The summed E-state index contributed by atoms with van der Waals surface area (Å²) in [6, 6.07) is 1.62. The lowest BCUT2D eigenvalue weighted by atomic mass is 9.79. The molecule has 1 saturated heterocycles. The van der Waals surface area contributed by atoms with Crippen LogP contribution in [-0.4, -0.2) is 35.6 Å². The van der Waals surface area contributed by atoms with E-state index in [1.165, 1.54) is 70.9 Å². The van der Waals surface area contributed by atoms with Crippen LogP contribution in [0.25, 0.3) is 0 Å². The van der Waals surface area contributed by atoms with Gasteiger partial charge in [0.2, 0.25) is 0 Å². The van der Waals surface area contributed by atoms with Crippen LogP contribution in [0.15, 0.2) is 0 Å². The second kappa shape index (κ2) is 5.73. The molecule has 3 rings (SSSR count). The lowest BCUT2D eigenvalue weighted by Crippen LogP contribution is -2.65. The van der Waals surface area contributed by atoms with E-state index in [1.807, 2.05) is 0 Å². The molecular weight excluding hydrogens is 232 g/mol. The van der Waals surface area contributed by atoms with Crippen LogP contribution in [0, 0.1) is 5.92 Å². The molecule has 3 aliphatic rings. The third-order valence-corrected chi connectivity index (χ3v) is 6.20. The Hall–Kier alpha value is -0.0800. The maximum Gasteiger partial charge on any atom is 0.0309 e. The molecule has 110 valence electrons. The Morgan fingerprint density at radius 2 is 1.84 bits per heavy atom. The quantitative estimate of drug-likeness (QED) is 0.820. The van der Waals surface area contributed by atoms with Crippen molar-refractivity contribution in [2.24, 2.45) is 5.92 Å². The first-order valence-corrected chi connectivity index (χ1v) is 8.75.